The fourth-order valence-electron chi connectivity index (χ4n) is 2.05. The molecule has 1 amide bonds. The lowest BCUT2D eigenvalue weighted by Crippen LogP contribution is -2.13. The van der Waals surface area contributed by atoms with Gasteiger partial charge in [0.15, 0.2) is 5.78 Å². The quantitative estimate of drug-likeness (QED) is 0.468. The molecule has 0 spiro atoms. The number of hydrogen-bond donors (Lipinski definition) is 1. The molecule has 0 saturated carbocycles. The minimum Gasteiger partial charge on any atom is -0.325 e. The Labute approximate surface area is 135 Å². The molecule has 4 heteroatoms. The maximum absolute atomic E-state index is 12.0. The fourth-order valence-corrected chi connectivity index (χ4v) is 2.93. The lowest BCUT2D eigenvalue weighted by molar-refractivity contribution is -0.116. The number of carbonyl (C=O) groups is 2. The van der Waals surface area contributed by atoms with Crippen LogP contribution in [0.3, 0.4) is 0 Å². The molecule has 2 aromatic carbocycles. The number of thioether (sulfide) groups is 1. The van der Waals surface area contributed by atoms with Crippen LogP contribution in [-0.2, 0) is 4.79 Å². The molecule has 0 saturated heterocycles. The molecule has 0 aliphatic rings. The van der Waals surface area contributed by atoms with E-state index in [0.29, 0.717) is 17.7 Å². The number of Topliss-reactive ketones (excluding diaryl/α,β-unsaturated/α-hetero) is 1. The Morgan fingerprint density at radius 2 is 1.68 bits per heavy atom. The van der Waals surface area contributed by atoms with Gasteiger partial charge in [-0.2, -0.15) is 0 Å². The van der Waals surface area contributed by atoms with Crippen LogP contribution in [-0.4, -0.2) is 17.4 Å². The molecule has 114 valence electrons. The number of hydrogen-bond acceptors (Lipinski definition) is 3. The van der Waals surface area contributed by atoms with Gasteiger partial charge in [0.05, 0.1) is 5.69 Å². The Hall–Kier alpha value is -2.07. The lowest BCUT2D eigenvalue weighted by atomic mass is 10.1. The highest BCUT2D eigenvalue weighted by Gasteiger charge is 2.09. The highest BCUT2D eigenvalue weighted by atomic mass is 32.2. The van der Waals surface area contributed by atoms with Crippen molar-refractivity contribution in [2.45, 2.75) is 24.7 Å². The Balaban J connectivity index is 1.78. The SMILES string of the molecule is CC(=O)c1ccccc1NC(=O)CCCSc1ccccc1. The van der Waals surface area contributed by atoms with Gasteiger partial charge in [-0.15, -0.1) is 11.8 Å². The van der Waals surface area contributed by atoms with Crippen molar-refractivity contribution >= 4 is 29.1 Å². The van der Waals surface area contributed by atoms with Crippen molar-refractivity contribution in [2.75, 3.05) is 11.1 Å². The highest BCUT2D eigenvalue weighted by molar-refractivity contribution is 7.99. The average molecular weight is 313 g/mol. The van der Waals surface area contributed by atoms with Crippen molar-refractivity contribution in [3.8, 4) is 0 Å². The molecular weight excluding hydrogens is 294 g/mol. The van der Waals surface area contributed by atoms with E-state index in [1.54, 1.807) is 30.0 Å². The summed E-state index contributed by atoms with van der Waals surface area (Å²) in [7, 11) is 0. The number of benzene rings is 2. The number of ketones is 1. The van der Waals surface area contributed by atoms with Crippen LogP contribution in [0.5, 0.6) is 0 Å². The molecule has 0 aliphatic heterocycles. The second kappa shape index (κ2) is 8.39. The van der Waals surface area contributed by atoms with Gasteiger partial charge in [0.2, 0.25) is 5.91 Å². The first-order valence-electron chi connectivity index (χ1n) is 7.24. The standard InChI is InChI=1S/C18H19NO2S/c1-14(20)16-10-5-6-11-17(16)19-18(21)12-7-13-22-15-8-3-2-4-9-15/h2-6,8-11H,7,12-13H2,1H3,(H,19,21). The van der Waals surface area contributed by atoms with Gasteiger partial charge >= 0.3 is 0 Å². The molecule has 0 bridgehead atoms. The number of carbonyl (C=O) groups excluding carboxylic acids is 2. The van der Waals surface area contributed by atoms with Gasteiger partial charge in [0.1, 0.15) is 0 Å². The molecule has 3 nitrogen and oxygen atoms in total. The predicted molar refractivity (Wildman–Crippen MR) is 91.5 cm³/mol. The van der Waals surface area contributed by atoms with E-state index in [1.807, 2.05) is 24.3 Å². The van der Waals surface area contributed by atoms with Crippen molar-refractivity contribution < 1.29 is 9.59 Å². The summed E-state index contributed by atoms with van der Waals surface area (Å²) in [4.78, 5) is 24.7. The third-order valence-corrected chi connectivity index (χ3v) is 4.24. The van der Waals surface area contributed by atoms with E-state index in [1.165, 1.54) is 11.8 Å². The van der Waals surface area contributed by atoms with E-state index in [9.17, 15) is 9.59 Å². The summed E-state index contributed by atoms with van der Waals surface area (Å²) in [6.45, 7) is 1.50. The topological polar surface area (TPSA) is 46.2 Å². The first kappa shape index (κ1) is 16.3. The van der Waals surface area contributed by atoms with Crippen LogP contribution >= 0.6 is 11.8 Å². The van der Waals surface area contributed by atoms with Crippen molar-refractivity contribution in [1.82, 2.24) is 0 Å². The minimum absolute atomic E-state index is 0.0458. The van der Waals surface area contributed by atoms with Crippen LogP contribution in [0.2, 0.25) is 0 Å². The zero-order valence-corrected chi connectivity index (χ0v) is 13.4. The first-order valence-corrected chi connectivity index (χ1v) is 8.23. The van der Waals surface area contributed by atoms with Crippen LogP contribution < -0.4 is 5.32 Å². The zero-order valence-electron chi connectivity index (χ0n) is 12.5. The third kappa shape index (κ3) is 5.04. The summed E-state index contributed by atoms with van der Waals surface area (Å²) < 4.78 is 0. The second-order valence-corrected chi connectivity index (χ2v) is 6.08. The van der Waals surface area contributed by atoms with Crippen molar-refractivity contribution in [3.63, 3.8) is 0 Å². The molecule has 0 unspecified atom stereocenters. The smallest absolute Gasteiger partial charge is 0.224 e. The molecule has 0 aromatic heterocycles. The van der Waals surface area contributed by atoms with E-state index >= 15 is 0 Å². The Morgan fingerprint density at radius 1 is 1.00 bits per heavy atom. The molecular formula is C18H19NO2S. The van der Waals surface area contributed by atoms with Gasteiger partial charge in [-0.1, -0.05) is 30.3 Å². The first-order chi connectivity index (χ1) is 10.7. The zero-order chi connectivity index (χ0) is 15.8. The van der Waals surface area contributed by atoms with E-state index in [-0.39, 0.29) is 11.7 Å². The fraction of sp³-hybridized carbons (Fsp3) is 0.222. The predicted octanol–water partition coefficient (Wildman–Crippen LogP) is 4.40. The largest absolute Gasteiger partial charge is 0.325 e. The van der Waals surface area contributed by atoms with Gasteiger partial charge in [0, 0.05) is 16.9 Å². The second-order valence-electron chi connectivity index (χ2n) is 4.92. The number of amides is 1. The Bertz CT molecular complexity index is 641. The molecule has 2 aromatic rings. The Kier molecular flexibility index (Phi) is 6.22. The van der Waals surface area contributed by atoms with Crippen LogP contribution in [0.4, 0.5) is 5.69 Å². The highest BCUT2D eigenvalue weighted by Crippen LogP contribution is 2.19. The number of para-hydroxylation sites is 1. The molecule has 0 fully saturated rings. The van der Waals surface area contributed by atoms with Crippen molar-refractivity contribution in [3.05, 3.63) is 60.2 Å². The van der Waals surface area contributed by atoms with Gasteiger partial charge in [-0.05, 0) is 43.4 Å². The lowest BCUT2D eigenvalue weighted by Gasteiger charge is -2.08. The van der Waals surface area contributed by atoms with Crippen molar-refractivity contribution in [2.24, 2.45) is 0 Å². The van der Waals surface area contributed by atoms with E-state index < -0.39 is 0 Å². The summed E-state index contributed by atoms with van der Waals surface area (Å²) in [5.41, 5.74) is 1.14. The van der Waals surface area contributed by atoms with E-state index in [0.717, 1.165) is 12.2 Å². The molecule has 0 heterocycles. The van der Waals surface area contributed by atoms with E-state index in [4.69, 9.17) is 0 Å². The molecule has 2 rings (SSSR count). The van der Waals surface area contributed by atoms with Gasteiger partial charge in [-0.25, -0.2) is 0 Å². The number of anilines is 1. The van der Waals surface area contributed by atoms with Crippen LogP contribution in [0.1, 0.15) is 30.1 Å². The minimum atomic E-state index is -0.0534. The number of rotatable bonds is 7. The van der Waals surface area contributed by atoms with Gasteiger partial charge in [-0.3, -0.25) is 9.59 Å². The molecule has 0 radical (unpaired) electrons. The summed E-state index contributed by atoms with van der Waals surface area (Å²) >= 11 is 1.74. The molecule has 0 atom stereocenters. The van der Waals surface area contributed by atoms with Crippen LogP contribution in [0.15, 0.2) is 59.5 Å². The Morgan fingerprint density at radius 3 is 2.41 bits per heavy atom. The summed E-state index contributed by atoms with van der Waals surface area (Å²) in [5, 5.41) is 2.82. The number of nitrogens with one attached hydrogen (secondary N) is 1. The molecule has 22 heavy (non-hydrogen) atoms. The summed E-state index contributed by atoms with van der Waals surface area (Å²) in [5.74, 6) is 0.795. The van der Waals surface area contributed by atoms with E-state index in [2.05, 4.69) is 17.4 Å². The van der Waals surface area contributed by atoms with Crippen LogP contribution in [0.25, 0.3) is 0 Å². The maximum Gasteiger partial charge on any atom is 0.224 e. The van der Waals surface area contributed by atoms with Crippen molar-refractivity contribution in [1.29, 1.82) is 0 Å². The summed E-state index contributed by atoms with van der Waals surface area (Å²) in [6, 6.07) is 17.2. The molecule has 0 aliphatic carbocycles. The summed E-state index contributed by atoms with van der Waals surface area (Å²) in [6.07, 6.45) is 1.25. The normalized spacial score (nSPS) is 10.2. The monoisotopic (exact) mass is 313 g/mol. The average Bonchev–Trinajstić information content (AvgIpc) is 2.53. The van der Waals surface area contributed by atoms with Gasteiger partial charge in [0.25, 0.3) is 0 Å². The van der Waals surface area contributed by atoms with Gasteiger partial charge < -0.3 is 5.32 Å². The third-order valence-electron chi connectivity index (χ3n) is 3.14. The molecule has 1 N–H and O–H groups in total. The van der Waals surface area contributed by atoms with Crippen LogP contribution in [0, 0.1) is 0 Å². The maximum atomic E-state index is 12.0.